The van der Waals surface area contributed by atoms with Gasteiger partial charge in [0.25, 0.3) is 6.29 Å². The Morgan fingerprint density at radius 1 is 1.50 bits per heavy atom. The number of hydrogen-bond donors (Lipinski definition) is 0. The SMILES string of the molecule is CCc1cnc([C]=O)c(CC(C)C)n1. The number of carbonyl (C=O) groups excluding carboxylic acids is 1. The van der Waals surface area contributed by atoms with Crippen LogP contribution in [-0.4, -0.2) is 16.3 Å². The lowest BCUT2D eigenvalue weighted by Crippen LogP contribution is -2.06. The fraction of sp³-hybridized carbons (Fsp3) is 0.545. The first-order valence-electron chi connectivity index (χ1n) is 4.90. The Morgan fingerprint density at radius 2 is 2.21 bits per heavy atom. The number of rotatable bonds is 4. The molecular weight excluding hydrogens is 176 g/mol. The zero-order valence-electron chi connectivity index (χ0n) is 8.87. The Morgan fingerprint density at radius 3 is 2.71 bits per heavy atom. The van der Waals surface area contributed by atoms with Crippen LogP contribution in [0.1, 0.15) is 37.9 Å². The summed E-state index contributed by atoms with van der Waals surface area (Å²) in [7, 11) is 0. The maximum absolute atomic E-state index is 10.6. The molecule has 1 rings (SSSR count). The summed E-state index contributed by atoms with van der Waals surface area (Å²) in [5.74, 6) is 0.475. The van der Waals surface area contributed by atoms with Gasteiger partial charge in [0, 0.05) is 6.20 Å². The van der Waals surface area contributed by atoms with Crippen LogP contribution in [0.3, 0.4) is 0 Å². The minimum atomic E-state index is 0.357. The second-order valence-electron chi connectivity index (χ2n) is 3.71. The molecule has 0 amide bonds. The van der Waals surface area contributed by atoms with Crippen molar-refractivity contribution in [1.82, 2.24) is 9.97 Å². The van der Waals surface area contributed by atoms with Gasteiger partial charge in [0.15, 0.2) is 0 Å². The van der Waals surface area contributed by atoms with Crippen molar-refractivity contribution in [3.8, 4) is 0 Å². The summed E-state index contributed by atoms with van der Waals surface area (Å²) in [6, 6.07) is 0. The number of aromatic nitrogens is 2. The molecule has 0 atom stereocenters. The molecule has 3 nitrogen and oxygen atoms in total. The summed E-state index contributed by atoms with van der Waals surface area (Å²) in [6.45, 7) is 6.21. The van der Waals surface area contributed by atoms with Gasteiger partial charge in [-0.25, -0.2) is 4.98 Å². The van der Waals surface area contributed by atoms with Gasteiger partial charge in [-0.05, 0) is 18.8 Å². The van der Waals surface area contributed by atoms with Gasteiger partial charge in [-0.2, -0.15) is 0 Å². The monoisotopic (exact) mass is 191 g/mol. The van der Waals surface area contributed by atoms with Crippen molar-refractivity contribution < 1.29 is 4.79 Å². The van der Waals surface area contributed by atoms with Crippen LogP contribution in [0.5, 0.6) is 0 Å². The predicted molar refractivity (Wildman–Crippen MR) is 54.7 cm³/mol. The molecule has 0 aliphatic carbocycles. The predicted octanol–water partition coefficient (Wildman–Crippen LogP) is 1.70. The van der Waals surface area contributed by atoms with E-state index >= 15 is 0 Å². The molecule has 0 spiro atoms. The van der Waals surface area contributed by atoms with Gasteiger partial charge in [0.1, 0.15) is 5.69 Å². The molecular formula is C11H15N2O. The highest BCUT2D eigenvalue weighted by molar-refractivity contribution is 5.73. The van der Waals surface area contributed by atoms with Crippen LogP contribution < -0.4 is 0 Å². The average molecular weight is 191 g/mol. The van der Waals surface area contributed by atoms with Gasteiger partial charge in [-0.3, -0.25) is 9.78 Å². The minimum absolute atomic E-state index is 0.357. The molecule has 14 heavy (non-hydrogen) atoms. The summed E-state index contributed by atoms with van der Waals surface area (Å²) in [5, 5.41) is 0. The summed E-state index contributed by atoms with van der Waals surface area (Å²) < 4.78 is 0. The lowest BCUT2D eigenvalue weighted by molar-refractivity contribution is 0.558. The van der Waals surface area contributed by atoms with Crippen molar-refractivity contribution in [1.29, 1.82) is 0 Å². The first kappa shape index (κ1) is 10.8. The molecule has 0 fully saturated rings. The molecule has 75 valence electrons. The van der Waals surface area contributed by atoms with Gasteiger partial charge in [0.2, 0.25) is 0 Å². The standard InChI is InChI=1S/C11H15N2O/c1-4-9-6-12-11(7-14)10(13-9)5-8(2)3/h6,8H,4-5H2,1-3H3. The van der Waals surface area contributed by atoms with E-state index in [-0.39, 0.29) is 0 Å². The number of nitrogens with zero attached hydrogens (tertiary/aromatic N) is 2. The van der Waals surface area contributed by atoms with Crippen LogP contribution >= 0.6 is 0 Å². The Bertz CT molecular complexity index is 321. The molecule has 0 aromatic carbocycles. The molecule has 1 radical (unpaired) electrons. The van der Waals surface area contributed by atoms with E-state index in [2.05, 4.69) is 23.8 Å². The first-order valence-corrected chi connectivity index (χ1v) is 4.90. The smallest absolute Gasteiger partial charge is 0.255 e. The van der Waals surface area contributed by atoms with Crippen molar-refractivity contribution in [2.24, 2.45) is 5.92 Å². The second-order valence-corrected chi connectivity index (χ2v) is 3.71. The third kappa shape index (κ3) is 2.62. The van der Waals surface area contributed by atoms with E-state index in [9.17, 15) is 4.79 Å². The van der Waals surface area contributed by atoms with Crippen molar-refractivity contribution >= 4 is 6.29 Å². The van der Waals surface area contributed by atoms with Gasteiger partial charge < -0.3 is 0 Å². The highest BCUT2D eigenvalue weighted by Gasteiger charge is 2.08. The van der Waals surface area contributed by atoms with Gasteiger partial charge in [-0.1, -0.05) is 20.8 Å². The van der Waals surface area contributed by atoms with Crippen LogP contribution in [-0.2, 0) is 17.6 Å². The molecule has 1 aromatic rings. The lowest BCUT2D eigenvalue weighted by Gasteiger charge is -2.06. The number of hydrogen-bond acceptors (Lipinski definition) is 3. The van der Waals surface area contributed by atoms with E-state index in [1.54, 1.807) is 6.20 Å². The molecule has 1 heterocycles. The third-order valence-corrected chi connectivity index (χ3v) is 1.96. The third-order valence-electron chi connectivity index (χ3n) is 1.96. The molecule has 0 saturated carbocycles. The van der Waals surface area contributed by atoms with E-state index in [1.807, 2.05) is 13.2 Å². The summed E-state index contributed by atoms with van der Waals surface area (Å²) in [5.41, 5.74) is 2.06. The van der Waals surface area contributed by atoms with Crippen molar-refractivity contribution in [2.45, 2.75) is 33.6 Å². The maximum Gasteiger partial charge on any atom is 0.255 e. The van der Waals surface area contributed by atoms with Crippen molar-refractivity contribution in [3.05, 3.63) is 23.3 Å². The summed E-state index contributed by atoms with van der Waals surface area (Å²) in [4.78, 5) is 19.0. The van der Waals surface area contributed by atoms with Crippen LogP contribution in [0.4, 0.5) is 0 Å². The molecule has 3 heteroatoms. The van der Waals surface area contributed by atoms with Crippen molar-refractivity contribution in [3.63, 3.8) is 0 Å². The van der Waals surface area contributed by atoms with Crippen LogP contribution in [0, 0.1) is 5.92 Å². The molecule has 0 unspecified atom stereocenters. The van der Waals surface area contributed by atoms with E-state index in [4.69, 9.17) is 0 Å². The summed E-state index contributed by atoms with van der Waals surface area (Å²) >= 11 is 0. The van der Waals surface area contributed by atoms with Crippen LogP contribution in [0.2, 0.25) is 0 Å². The molecule has 0 bridgehead atoms. The maximum atomic E-state index is 10.6. The molecule has 0 saturated heterocycles. The molecule has 0 aliphatic heterocycles. The topological polar surface area (TPSA) is 42.9 Å². The number of aryl methyl sites for hydroxylation is 1. The van der Waals surface area contributed by atoms with Gasteiger partial charge >= 0.3 is 0 Å². The fourth-order valence-electron chi connectivity index (χ4n) is 1.25. The average Bonchev–Trinajstić information content (AvgIpc) is 2.16. The Hall–Kier alpha value is -1.25. The van der Waals surface area contributed by atoms with Crippen LogP contribution in [0.15, 0.2) is 6.20 Å². The van der Waals surface area contributed by atoms with Crippen molar-refractivity contribution in [2.75, 3.05) is 0 Å². The fourth-order valence-corrected chi connectivity index (χ4v) is 1.25. The zero-order chi connectivity index (χ0) is 10.6. The van der Waals surface area contributed by atoms with Gasteiger partial charge in [0.05, 0.1) is 11.4 Å². The Kier molecular flexibility index (Phi) is 3.74. The van der Waals surface area contributed by atoms with E-state index < -0.39 is 0 Å². The Balaban J connectivity index is 3.01. The summed E-state index contributed by atoms with van der Waals surface area (Å²) in [6.07, 6.45) is 5.10. The van der Waals surface area contributed by atoms with Crippen LogP contribution in [0.25, 0.3) is 0 Å². The minimum Gasteiger partial charge on any atom is -0.283 e. The molecule has 0 N–H and O–H groups in total. The molecule has 0 aliphatic rings. The van der Waals surface area contributed by atoms with E-state index in [1.165, 1.54) is 0 Å². The van der Waals surface area contributed by atoms with E-state index in [0.717, 1.165) is 24.2 Å². The van der Waals surface area contributed by atoms with Gasteiger partial charge in [-0.15, -0.1) is 0 Å². The molecule has 1 aromatic heterocycles. The van der Waals surface area contributed by atoms with E-state index in [0.29, 0.717) is 11.6 Å². The lowest BCUT2D eigenvalue weighted by atomic mass is 10.1. The zero-order valence-corrected chi connectivity index (χ0v) is 8.87. The Labute approximate surface area is 84.6 Å². The quantitative estimate of drug-likeness (QED) is 0.727. The first-order chi connectivity index (χ1) is 6.67. The highest BCUT2D eigenvalue weighted by atomic mass is 16.1. The highest BCUT2D eigenvalue weighted by Crippen LogP contribution is 2.09. The second kappa shape index (κ2) is 4.84. The normalized spacial score (nSPS) is 10.6. The largest absolute Gasteiger partial charge is 0.283 e.